The first-order chi connectivity index (χ1) is 13.8. The number of aryl methyl sites for hydroxylation is 1. The summed E-state index contributed by atoms with van der Waals surface area (Å²) in [5.74, 6) is 1.05. The Morgan fingerprint density at radius 2 is 2.07 bits per heavy atom. The molecule has 1 aliphatic heterocycles. The zero-order chi connectivity index (χ0) is 18.9. The molecule has 7 heteroatoms. The zero-order valence-electron chi connectivity index (χ0n) is 15.5. The van der Waals surface area contributed by atoms with Crippen LogP contribution in [0.5, 0.6) is 0 Å². The first-order valence-electron chi connectivity index (χ1n) is 9.29. The van der Waals surface area contributed by atoms with Crippen molar-refractivity contribution in [2.75, 3.05) is 6.54 Å². The first-order valence-corrected chi connectivity index (χ1v) is 10.2. The summed E-state index contributed by atoms with van der Waals surface area (Å²) in [4.78, 5) is 13.9. The number of aromatic nitrogens is 4. The Balaban J connectivity index is 1.45. The summed E-state index contributed by atoms with van der Waals surface area (Å²) in [5, 5.41) is 10.6. The Kier molecular flexibility index (Phi) is 4.46. The molecular formula is C21H19N5OS. The van der Waals surface area contributed by atoms with Gasteiger partial charge in [0.15, 0.2) is 0 Å². The third kappa shape index (κ3) is 3.23. The van der Waals surface area contributed by atoms with Gasteiger partial charge in [-0.2, -0.15) is 4.98 Å². The lowest BCUT2D eigenvalue weighted by Gasteiger charge is -2.19. The number of fused-ring (bicyclic) bond motifs is 1. The van der Waals surface area contributed by atoms with E-state index < -0.39 is 0 Å². The molecule has 0 saturated heterocycles. The van der Waals surface area contributed by atoms with Crippen molar-refractivity contribution in [3.8, 4) is 23.0 Å². The molecule has 4 heterocycles. The van der Waals surface area contributed by atoms with Crippen LogP contribution in [0.15, 0.2) is 46.4 Å². The van der Waals surface area contributed by atoms with Crippen molar-refractivity contribution in [1.82, 2.24) is 25.4 Å². The molecule has 3 aromatic heterocycles. The first kappa shape index (κ1) is 17.2. The van der Waals surface area contributed by atoms with Gasteiger partial charge in [0.05, 0.1) is 5.01 Å². The highest BCUT2D eigenvalue weighted by Crippen LogP contribution is 2.30. The molecule has 0 radical (unpaired) electrons. The van der Waals surface area contributed by atoms with Crippen LogP contribution in [0.3, 0.4) is 0 Å². The van der Waals surface area contributed by atoms with E-state index in [2.05, 4.69) is 37.6 Å². The number of thiazole rings is 1. The highest BCUT2D eigenvalue weighted by molar-refractivity contribution is 7.10. The molecule has 0 atom stereocenters. The Hall–Kier alpha value is -2.90. The molecule has 0 saturated carbocycles. The van der Waals surface area contributed by atoms with E-state index in [-0.39, 0.29) is 0 Å². The van der Waals surface area contributed by atoms with Crippen LogP contribution < -0.4 is 5.32 Å². The lowest BCUT2D eigenvalue weighted by Crippen LogP contribution is -2.24. The largest absolute Gasteiger partial charge is 0.332 e. The molecule has 6 nitrogen and oxygen atoms in total. The summed E-state index contributed by atoms with van der Waals surface area (Å²) in [6, 6.07) is 10.3. The lowest BCUT2D eigenvalue weighted by molar-refractivity contribution is 0.431. The molecule has 0 amide bonds. The van der Waals surface area contributed by atoms with Gasteiger partial charge in [0, 0.05) is 35.8 Å². The van der Waals surface area contributed by atoms with Gasteiger partial charge in [-0.15, -0.1) is 11.3 Å². The van der Waals surface area contributed by atoms with Gasteiger partial charge in [-0.1, -0.05) is 35.5 Å². The summed E-state index contributed by atoms with van der Waals surface area (Å²) < 4.78 is 5.55. The Labute approximate surface area is 166 Å². The number of rotatable bonds is 4. The van der Waals surface area contributed by atoms with Gasteiger partial charge in [0.2, 0.25) is 5.82 Å². The summed E-state index contributed by atoms with van der Waals surface area (Å²) in [7, 11) is 0. The third-order valence-corrected chi connectivity index (χ3v) is 5.80. The van der Waals surface area contributed by atoms with Crippen LogP contribution in [0.2, 0.25) is 0 Å². The molecule has 0 unspecified atom stereocenters. The fraction of sp³-hybridized carbons (Fsp3) is 0.238. The maximum Gasteiger partial charge on any atom is 0.277 e. The van der Waals surface area contributed by atoms with Crippen LogP contribution in [0, 0.1) is 6.92 Å². The molecule has 0 bridgehead atoms. The van der Waals surface area contributed by atoms with Gasteiger partial charge in [0.1, 0.15) is 5.69 Å². The number of benzene rings is 1. The number of pyridine rings is 1. The van der Waals surface area contributed by atoms with Crippen molar-refractivity contribution in [3.05, 3.63) is 69.3 Å². The van der Waals surface area contributed by atoms with E-state index >= 15 is 0 Å². The smallest absolute Gasteiger partial charge is 0.277 e. The van der Waals surface area contributed by atoms with Crippen molar-refractivity contribution in [2.24, 2.45) is 0 Å². The number of nitrogens with zero attached hydrogens (tertiary/aromatic N) is 4. The Morgan fingerprint density at radius 3 is 2.96 bits per heavy atom. The Bertz CT molecular complexity index is 1120. The van der Waals surface area contributed by atoms with E-state index in [0.29, 0.717) is 11.7 Å². The topological polar surface area (TPSA) is 76.7 Å². The standard InChI is InChI=1S/C21H19N5OS/c1-13-19(16-7-8-22-10-15(16)11-23-13)20-25-21(27-26-20)17-12-28-18(24-17)9-14-5-3-2-4-6-14/h2-6,11-12,22H,7-10H2,1H3. The summed E-state index contributed by atoms with van der Waals surface area (Å²) in [6.07, 6.45) is 3.68. The predicted octanol–water partition coefficient (Wildman–Crippen LogP) is 3.80. The van der Waals surface area contributed by atoms with Crippen LogP contribution in [0.1, 0.15) is 27.4 Å². The molecule has 1 aromatic carbocycles. The molecule has 0 fully saturated rings. The van der Waals surface area contributed by atoms with E-state index in [9.17, 15) is 0 Å². The van der Waals surface area contributed by atoms with E-state index in [1.807, 2.05) is 36.7 Å². The van der Waals surface area contributed by atoms with Crippen molar-refractivity contribution in [2.45, 2.75) is 26.3 Å². The SMILES string of the molecule is Cc1ncc2c(c1-c1noc(-c3csc(Cc4ccccc4)n3)n1)CCNC2. The molecule has 0 aliphatic carbocycles. The molecule has 0 spiro atoms. The summed E-state index contributed by atoms with van der Waals surface area (Å²) in [6.45, 7) is 3.77. The van der Waals surface area contributed by atoms with E-state index in [0.717, 1.165) is 47.9 Å². The fourth-order valence-corrected chi connectivity index (χ4v) is 4.36. The average Bonchev–Trinajstić information content (AvgIpc) is 3.38. The molecule has 1 aliphatic rings. The number of hydrogen-bond donors (Lipinski definition) is 1. The fourth-order valence-electron chi connectivity index (χ4n) is 3.56. The molecule has 1 N–H and O–H groups in total. The van der Waals surface area contributed by atoms with Crippen LogP contribution in [-0.4, -0.2) is 26.7 Å². The zero-order valence-corrected chi connectivity index (χ0v) is 16.3. The number of nitrogens with one attached hydrogen (secondary N) is 1. The van der Waals surface area contributed by atoms with E-state index in [1.165, 1.54) is 16.7 Å². The van der Waals surface area contributed by atoms with Crippen LogP contribution in [-0.2, 0) is 19.4 Å². The second kappa shape index (κ2) is 7.26. The van der Waals surface area contributed by atoms with Gasteiger partial charge in [0.25, 0.3) is 5.89 Å². The highest BCUT2D eigenvalue weighted by Gasteiger charge is 2.22. The van der Waals surface area contributed by atoms with Crippen molar-refractivity contribution in [3.63, 3.8) is 0 Å². The average molecular weight is 389 g/mol. The minimum absolute atomic E-state index is 0.455. The Morgan fingerprint density at radius 1 is 1.18 bits per heavy atom. The molecule has 140 valence electrons. The minimum Gasteiger partial charge on any atom is -0.332 e. The highest BCUT2D eigenvalue weighted by atomic mass is 32.1. The van der Waals surface area contributed by atoms with Crippen LogP contribution in [0.4, 0.5) is 0 Å². The van der Waals surface area contributed by atoms with Crippen molar-refractivity contribution >= 4 is 11.3 Å². The van der Waals surface area contributed by atoms with Crippen LogP contribution in [0.25, 0.3) is 23.0 Å². The van der Waals surface area contributed by atoms with Gasteiger partial charge in [-0.3, -0.25) is 4.98 Å². The second-order valence-electron chi connectivity index (χ2n) is 6.86. The normalized spacial score (nSPS) is 13.5. The van der Waals surface area contributed by atoms with E-state index in [1.54, 1.807) is 11.3 Å². The van der Waals surface area contributed by atoms with E-state index in [4.69, 9.17) is 4.52 Å². The van der Waals surface area contributed by atoms with Gasteiger partial charge in [-0.05, 0) is 36.6 Å². The predicted molar refractivity (Wildman–Crippen MR) is 108 cm³/mol. The summed E-state index contributed by atoms with van der Waals surface area (Å²) >= 11 is 1.61. The van der Waals surface area contributed by atoms with Gasteiger partial charge >= 0.3 is 0 Å². The molecular weight excluding hydrogens is 370 g/mol. The van der Waals surface area contributed by atoms with Gasteiger partial charge < -0.3 is 9.84 Å². The van der Waals surface area contributed by atoms with Crippen molar-refractivity contribution < 1.29 is 4.52 Å². The third-order valence-electron chi connectivity index (χ3n) is 4.95. The number of hydrogen-bond acceptors (Lipinski definition) is 7. The quantitative estimate of drug-likeness (QED) is 0.572. The monoisotopic (exact) mass is 389 g/mol. The molecule has 4 aromatic rings. The maximum atomic E-state index is 5.55. The molecule has 5 rings (SSSR count). The second-order valence-corrected chi connectivity index (χ2v) is 7.80. The lowest BCUT2D eigenvalue weighted by atomic mass is 9.95. The molecule has 28 heavy (non-hydrogen) atoms. The maximum absolute atomic E-state index is 5.55. The summed E-state index contributed by atoms with van der Waals surface area (Å²) in [5.41, 5.74) is 6.36. The van der Waals surface area contributed by atoms with Gasteiger partial charge in [-0.25, -0.2) is 4.98 Å². The van der Waals surface area contributed by atoms with Crippen LogP contribution >= 0.6 is 11.3 Å². The van der Waals surface area contributed by atoms with Crippen molar-refractivity contribution in [1.29, 1.82) is 0 Å². The minimum atomic E-state index is 0.455.